The maximum atomic E-state index is 9.63. The SMILES string of the molecule is C.C.C.C.C.C.CC(C)=O.CCC.CCC.COC.CS(C)(=O)=O.CSC.C[SiH2]C. The number of sulfone groups is 1. The quantitative estimate of drug-likeness (QED) is 0.310. The summed E-state index contributed by atoms with van der Waals surface area (Å²) in [7, 11) is 1.00. The summed E-state index contributed by atoms with van der Waals surface area (Å²) < 4.78 is 23.5. The van der Waals surface area contributed by atoms with Crippen molar-refractivity contribution >= 4 is 36.9 Å². The van der Waals surface area contributed by atoms with E-state index >= 15 is 0 Å². The number of hydrogen-bond donors (Lipinski definition) is 0. The third-order valence-corrected chi connectivity index (χ3v) is 0. The zero-order valence-electron chi connectivity index (χ0n) is 19.1. The number of carbonyl (C=O) groups excluding carboxylic acids is 1. The van der Waals surface area contributed by atoms with Crippen LogP contribution in [0.25, 0.3) is 0 Å². The molecule has 0 aliphatic carbocycles. The summed E-state index contributed by atoms with van der Waals surface area (Å²) in [4.78, 5) is 9.44. The van der Waals surface area contributed by atoms with Crippen molar-refractivity contribution in [2.75, 3.05) is 39.2 Å². The first-order chi connectivity index (χ1) is 10.8. The predicted molar refractivity (Wildman–Crippen MR) is 162 cm³/mol. The fraction of sp³-hybridized carbons (Fsp3) is 0.957. The van der Waals surface area contributed by atoms with Crippen molar-refractivity contribution < 1.29 is 17.9 Å². The Kier molecular flexibility index (Phi) is 335. The Morgan fingerprint density at radius 1 is 0.767 bits per heavy atom. The smallest absolute Gasteiger partial charge is 0.144 e. The third-order valence-electron chi connectivity index (χ3n) is 0. The van der Waals surface area contributed by atoms with Crippen LogP contribution in [-0.2, 0) is 19.4 Å². The first kappa shape index (κ1) is 87.1. The lowest BCUT2D eigenvalue weighted by Gasteiger charge is -1.69. The molecular weight excluding hydrogens is 432 g/mol. The van der Waals surface area contributed by atoms with Crippen LogP contribution in [0.15, 0.2) is 0 Å². The molecule has 4 nitrogen and oxygen atoms in total. The van der Waals surface area contributed by atoms with Crippen molar-refractivity contribution in [3.63, 3.8) is 0 Å². The summed E-state index contributed by atoms with van der Waals surface area (Å²) in [6.07, 6.45) is 8.90. The molecule has 0 atom stereocenters. The van der Waals surface area contributed by atoms with E-state index in [0.29, 0.717) is 9.52 Å². The van der Waals surface area contributed by atoms with Gasteiger partial charge in [0.1, 0.15) is 15.6 Å². The van der Waals surface area contributed by atoms with Crippen LogP contribution in [0.2, 0.25) is 13.1 Å². The van der Waals surface area contributed by atoms with Crippen molar-refractivity contribution in [2.45, 2.75) is 112 Å². The van der Waals surface area contributed by atoms with Gasteiger partial charge in [0.05, 0.1) is 0 Å². The first-order valence-electron chi connectivity index (χ1n) is 8.23. The van der Waals surface area contributed by atoms with Crippen molar-refractivity contribution in [3.8, 4) is 0 Å². The maximum Gasteiger partial charge on any atom is 0.144 e. The topological polar surface area (TPSA) is 60.4 Å². The van der Waals surface area contributed by atoms with E-state index in [9.17, 15) is 13.2 Å². The minimum absolute atomic E-state index is 0. The molecule has 0 radical (unpaired) electrons. The lowest BCUT2D eigenvalue weighted by Crippen LogP contribution is -1.86. The molecule has 0 bridgehead atoms. The van der Waals surface area contributed by atoms with Crippen molar-refractivity contribution in [1.82, 2.24) is 0 Å². The number of hydrogen-bond acceptors (Lipinski definition) is 5. The second-order valence-corrected chi connectivity index (χ2v) is 9.51. The van der Waals surface area contributed by atoms with Gasteiger partial charge in [-0.25, -0.2) is 8.42 Å². The van der Waals surface area contributed by atoms with Gasteiger partial charge >= 0.3 is 0 Å². The second-order valence-electron chi connectivity index (χ2n) is 4.99. The average molecular weight is 505 g/mol. The lowest BCUT2D eigenvalue weighted by atomic mass is 10.6. The van der Waals surface area contributed by atoms with Gasteiger partial charge in [0.25, 0.3) is 0 Å². The first-order valence-corrected chi connectivity index (χ1v) is 15.0. The standard InChI is InChI=1S/C3H6O.2C3H8.C2H6O2S.C2H6O.C2H6S.C2H8Si.6CH4/c1-3(2)4;2*1-3-2;1-5(2,3)4;3*1-3-2;;;;;;/h1-2H3;2*3H2,1-2H3;1-2H3;2*1-2H3;3H2,1-2H3;6*1H4. The normalized spacial score (nSPS) is 5.80. The zero-order valence-corrected chi connectivity index (χ0v) is 22.1. The van der Waals surface area contributed by atoms with Crippen LogP contribution in [0, 0.1) is 0 Å². The molecule has 30 heavy (non-hydrogen) atoms. The highest BCUT2D eigenvalue weighted by molar-refractivity contribution is 7.97. The molecule has 0 amide bonds. The molecule has 0 unspecified atom stereocenters. The summed E-state index contributed by atoms with van der Waals surface area (Å²) in [5.74, 6) is 0.167. The van der Waals surface area contributed by atoms with Gasteiger partial charge in [0.15, 0.2) is 0 Å². The van der Waals surface area contributed by atoms with Crippen LogP contribution in [0.3, 0.4) is 0 Å². The van der Waals surface area contributed by atoms with Crippen LogP contribution < -0.4 is 0 Å². The molecule has 0 N–H and O–H groups in total. The summed E-state index contributed by atoms with van der Waals surface area (Å²) in [6, 6.07) is 0. The van der Waals surface area contributed by atoms with Crippen LogP contribution >= 0.6 is 11.8 Å². The number of ketones is 1. The fourth-order valence-electron chi connectivity index (χ4n) is 0. The van der Waals surface area contributed by atoms with Gasteiger partial charge in [0, 0.05) is 36.3 Å². The molecule has 0 fully saturated rings. The minimum Gasteiger partial charge on any atom is -0.388 e. The van der Waals surface area contributed by atoms with Gasteiger partial charge in [0.2, 0.25) is 0 Å². The predicted octanol–water partition coefficient (Wildman–Crippen LogP) is 8.40. The Hall–Kier alpha value is 0.147. The lowest BCUT2D eigenvalue weighted by molar-refractivity contribution is -0.115. The summed E-state index contributed by atoms with van der Waals surface area (Å²) in [5, 5.41) is 0. The number of thioether (sulfide) groups is 1. The zero-order chi connectivity index (χ0) is 21.6. The van der Waals surface area contributed by atoms with E-state index in [1.807, 2.05) is 12.5 Å². The van der Waals surface area contributed by atoms with Crippen LogP contribution in [0.1, 0.15) is 98.9 Å². The van der Waals surface area contributed by atoms with E-state index in [4.69, 9.17) is 0 Å². The van der Waals surface area contributed by atoms with Gasteiger partial charge in [-0.1, -0.05) is 98.2 Å². The molecule has 0 aromatic carbocycles. The van der Waals surface area contributed by atoms with Crippen molar-refractivity contribution in [1.29, 1.82) is 0 Å². The number of carbonyl (C=O) groups is 1. The van der Waals surface area contributed by atoms with E-state index in [0.717, 1.165) is 12.5 Å². The van der Waals surface area contributed by atoms with Gasteiger partial charge in [-0.15, -0.1) is 0 Å². The molecule has 0 saturated carbocycles. The highest BCUT2D eigenvalue weighted by Crippen LogP contribution is 1.70. The Morgan fingerprint density at radius 3 is 0.767 bits per heavy atom. The maximum absolute atomic E-state index is 9.63. The summed E-state index contributed by atoms with van der Waals surface area (Å²) >= 11 is 1.75. The number of rotatable bonds is 0. The van der Waals surface area contributed by atoms with E-state index in [1.54, 1.807) is 26.0 Å². The molecule has 0 aliphatic heterocycles. The largest absolute Gasteiger partial charge is 0.388 e. The van der Waals surface area contributed by atoms with Crippen LogP contribution in [0.5, 0.6) is 0 Å². The summed E-state index contributed by atoms with van der Waals surface area (Å²) in [6.45, 7) is 16.1. The van der Waals surface area contributed by atoms with Crippen molar-refractivity contribution in [3.05, 3.63) is 0 Å². The Labute approximate surface area is 205 Å². The van der Waals surface area contributed by atoms with Crippen molar-refractivity contribution in [2.24, 2.45) is 0 Å². The second kappa shape index (κ2) is 115. The van der Waals surface area contributed by atoms with E-state index < -0.39 is 9.84 Å². The number of ether oxygens (including phenoxy) is 1. The molecule has 0 spiro atoms. The Morgan fingerprint density at radius 2 is 0.767 bits per heavy atom. The van der Waals surface area contributed by atoms with Gasteiger partial charge in [-0.05, 0) is 26.4 Å². The molecule has 0 heterocycles. The number of Topliss-reactive ketones (excluding diaryl/α,β-unsaturated/α-hetero) is 1. The molecule has 0 rings (SSSR count). The molecule has 0 saturated heterocycles. The van der Waals surface area contributed by atoms with Gasteiger partial charge in [-0.3, -0.25) is 0 Å². The Balaban J connectivity index is -0.00000000998. The van der Waals surface area contributed by atoms with Crippen LogP contribution in [0.4, 0.5) is 0 Å². The van der Waals surface area contributed by atoms with Gasteiger partial charge in [-0.2, -0.15) is 11.8 Å². The monoisotopic (exact) mass is 504 g/mol. The summed E-state index contributed by atoms with van der Waals surface area (Å²) in [5.41, 5.74) is 0. The molecule has 0 aromatic heterocycles. The molecular formula is C23H72O4S2Si. The molecule has 0 aliphatic rings. The fourth-order valence-corrected chi connectivity index (χ4v) is 0. The van der Waals surface area contributed by atoms with Gasteiger partial charge < -0.3 is 9.53 Å². The Bertz CT molecular complexity index is 224. The van der Waals surface area contributed by atoms with Crippen LogP contribution in [-0.4, -0.2) is 63.0 Å². The van der Waals surface area contributed by atoms with E-state index in [-0.39, 0.29) is 50.3 Å². The highest BCUT2D eigenvalue weighted by atomic mass is 32.2. The molecule has 204 valence electrons. The highest BCUT2D eigenvalue weighted by Gasteiger charge is 1.79. The third kappa shape index (κ3) is 961000. The molecule has 7 heteroatoms. The van der Waals surface area contributed by atoms with E-state index in [1.165, 1.54) is 26.7 Å². The molecule has 0 aromatic rings. The minimum atomic E-state index is -2.67. The van der Waals surface area contributed by atoms with E-state index in [2.05, 4.69) is 45.5 Å². The number of methoxy groups -OCH3 is 1. The average Bonchev–Trinajstić information content (AvgIpc) is 2.29.